The molecule has 3 nitrogen and oxygen atoms in total. The molecule has 0 atom stereocenters. The molecule has 0 aliphatic carbocycles. The standard InChI is InChI=1S/C13H13NO2/c1-6-10-8-9-11(7-2)14(10)12(15)16-13(3,4)5/h1-2,8-9H,3-5H3. The van der Waals surface area contributed by atoms with Crippen LogP contribution in [0, 0.1) is 24.7 Å². The summed E-state index contributed by atoms with van der Waals surface area (Å²) in [5, 5.41) is 0. The third-order valence-electron chi connectivity index (χ3n) is 1.75. The molecule has 0 unspecified atom stereocenters. The lowest BCUT2D eigenvalue weighted by Crippen LogP contribution is -2.28. The van der Waals surface area contributed by atoms with Gasteiger partial charge in [-0.05, 0) is 32.9 Å². The van der Waals surface area contributed by atoms with Gasteiger partial charge >= 0.3 is 6.09 Å². The van der Waals surface area contributed by atoms with Crippen LogP contribution in [0.5, 0.6) is 0 Å². The fourth-order valence-electron chi connectivity index (χ4n) is 1.17. The summed E-state index contributed by atoms with van der Waals surface area (Å²) < 4.78 is 6.41. The molecule has 1 heterocycles. The average Bonchev–Trinajstić information content (AvgIpc) is 2.57. The van der Waals surface area contributed by atoms with E-state index < -0.39 is 11.7 Å². The molecule has 0 amide bonds. The van der Waals surface area contributed by atoms with Gasteiger partial charge in [-0.25, -0.2) is 9.36 Å². The molecule has 0 saturated carbocycles. The molecule has 0 bridgehead atoms. The lowest BCUT2D eigenvalue weighted by atomic mass is 10.2. The highest BCUT2D eigenvalue weighted by Gasteiger charge is 2.20. The Morgan fingerprint density at radius 1 is 1.25 bits per heavy atom. The van der Waals surface area contributed by atoms with Gasteiger partial charge in [0.1, 0.15) is 17.0 Å². The Balaban J connectivity index is 3.14. The minimum atomic E-state index is -0.584. The molecule has 0 aliphatic rings. The smallest absolute Gasteiger partial charge is 0.420 e. The number of aromatic nitrogens is 1. The van der Waals surface area contributed by atoms with Crippen molar-refractivity contribution in [2.45, 2.75) is 26.4 Å². The number of nitrogens with zero attached hydrogens (tertiary/aromatic N) is 1. The van der Waals surface area contributed by atoms with Crippen LogP contribution in [0.1, 0.15) is 32.2 Å². The summed E-state index contributed by atoms with van der Waals surface area (Å²) in [4.78, 5) is 11.8. The Labute approximate surface area is 95.4 Å². The van der Waals surface area contributed by atoms with Crippen molar-refractivity contribution >= 4 is 6.09 Å². The lowest BCUT2D eigenvalue weighted by Gasteiger charge is -2.20. The second-order valence-electron chi connectivity index (χ2n) is 4.21. The monoisotopic (exact) mass is 215 g/mol. The van der Waals surface area contributed by atoms with Crippen molar-refractivity contribution in [2.75, 3.05) is 0 Å². The zero-order valence-corrected chi connectivity index (χ0v) is 9.57. The number of carbonyl (C=O) groups is 1. The molecule has 3 heteroatoms. The summed E-state index contributed by atoms with van der Waals surface area (Å²) in [5.41, 5.74) is 0.198. The van der Waals surface area contributed by atoms with Gasteiger partial charge in [-0.1, -0.05) is 11.8 Å². The Bertz CT molecular complexity index is 458. The minimum absolute atomic E-state index is 0.391. The molecule has 0 radical (unpaired) electrons. The summed E-state index contributed by atoms with van der Waals surface area (Å²) in [6.07, 6.45) is 9.99. The molecule has 0 fully saturated rings. The van der Waals surface area contributed by atoms with Crippen molar-refractivity contribution in [1.29, 1.82) is 0 Å². The fourth-order valence-corrected chi connectivity index (χ4v) is 1.17. The Hall–Kier alpha value is -2.13. The van der Waals surface area contributed by atoms with Gasteiger partial charge in [0.15, 0.2) is 0 Å². The van der Waals surface area contributed by atoms with Crippen molar-refractivity contribution in [3.05, 3.63) is 23.5 Å². The van der Waals surface area contributed by atoms with Gasteiger partial charge in [0.25, 0.3) is 0 Å². The van der Waals surface area contributed by atoms with Crippen molar-refractivity contribution in [3.63, 3.8) is 0 Å². The molecule has 16 heavy (non-hydrogen) atoms. The highest BCUT2D eigenvalue weighted by Crippen LogP contribution is 2.13. The van der Waals surface area contributed by atoms with Gasteiger partial charge in [0, 0.05) is 0 Å². The topological polar surface area (TPSA) is 31.2 Å². The van der Waals surface area contributed by atoms with E-state index in [1.54, 1.807) is 32.9 Å². The normalized spacial score (nSPS) is 10.3. The molecule has 1 rings (SSSR count). The maximum Gasteiger partial charge on any atom is 0.420 e. The number of hydrogen-bond acceptors (Lipinski definition) is 2. The highest BCUT2D eigenvalue weighted by molar-refractivity contribution is 5.75. The summed E-state index contributed by atoms with van der Waals surface area (Å²) >= 11 is 0. The first kappa shape index (κ1) is 11.9. The number of carbonyl (C=O) groups excluding carboxylic acids is 1. The summed E-state index contributed by atoms with van der Waals surface area (Å²) in [6.45, 7) is 5.33. The van der Waals surface area contributed by atoms with Crippen molar-refractivity contribution in [3.8, 4) is 24.7 Å². The average molecular weight is 215 g/mol. The van der Waals surface area contributed by atoms with E-state index in [9.17, 15) is 4.79 Å². The third-order valence-corrected chi connectivity index (χ3v) is 1.75. The molecular weight excluding hydrogens is 202 g/mol. The van der Waals surface area contributed by atoms with Crippen LogP contribution in [0.25, 0.3) is 0 Å². The molecule has 1 aromatic heterocycles. The van der Waals surface area contributed by atoms with Gasteiger partial charge < -0.3 is 4.74 Å². The van der Waals surface area contributed by atoms with Gasteiger partial charge in [-0.15, -0.1) is 12.8 Å². The predicted molar refractivity (Wildman–Crippen MR) is 61.9 cm³/mol. The van der Waals surface area contributed by atoms with Crippen LogP contribution < -0.4 is 0 Å². The maximum atomic E-state index is 11.8. The van der Waals surface area contributed by atoms with E-state index in [0.29, 0.717) is 11.4 Å². The second kappa shape index (κ2) is 4.16. The van der Waals surface area contributed by atoms with E-state index in [1.807, 2.05) is 0 Å². The van der Waals surface area contributed by atoms with E-state index in [-0.39, 0.29) is 0 Å². The van der Waals surface area contributed by atoms with E-state index >= 15 is 0 Å². The predicted octanol–water partition coefficient (Wildman–Crippen LogP) is 2.23. The van der Waals surface area contributed by atoms with Crippen LogP contribution in [0.3, 0.4) is 0 Å². The van der Waals surface area contributed by atoms with Crippen LogP contribution in [0.4, 0.5) is 4.79 Å². The van der Waals surface area contributed by atoms with Crippen molar-refractivity contribution in [1.82, 2.24) is 4.57 Å². The molecule has 0 saturated heterocycles. The fraction of sp³-hybridized carbons (Fsp3) is 0.308. The van der Waals surface area contributed by atoms with Gasteiger partial charge in [0.2, 0.25) is 0 Å². The maximum absolute atomic E-state index is 11.8. The van der Waals surface area contributed by atoms with E-state index in [4.69, 9.17) is 17.6 Å². The SMILES string of the molecule is C#Cc1ccc(C#C)n1C(=O)OC(C)(C)C. The Morgan fingerprint density at radius 3 is 2.00 bits per heavy atom. The van der Waals surface area contributed by atoms with Crippen molar-refractivity contribution in [2.24, 2.45) is 0 Å². The van der Waals surface area contributed by atoms with E-state index in [2.05, 4.69) is 11.8 Å². The first-order valence-corrected chi connectivity index (χ1v) is 4.77. The number of ether oxygens (including phenoxy) is 1. The molecule has 0 spiro atoms. The zero-order valence-electron chi connectivity index (χ0n) is 9.57. The third kappa shape index (κ3) is 2.46. The lowest BCUT2D eigenvalue weighted by molar-refractivity contribution is 0.0535. The summed E-state index contributed by atoms with van der Waals surface area (Å²) in [5.74, 6) is 4.77. The van der Waals surface area contributed by atoms with Crippen LogP contribution in [0.15, 0.2) is 12.1 Å². The Morgan fingerprint density at radius 2 is 1.69 bits per heavy atom. The minimum Gasteiger partial charge on any atom is -0.443 e. The molecule has 0 aromatic carbocycles. The molecule has 82 valence electrons. The van der Waals surface area contributed by atoms with Gasteiger partial charge in [-0.2, -0.15) is 0 Å². The van der Waals surface area contributed by atoms with E-state index in [1.165, 1.54) is 4.57 Å². The molecule has 1 aromatic rings. The van der Waals surface area contributed by atoms with E-state index in [0.717, 1.165) is 0 Å². The van der Waals surface area contributed by atoms with Gasteiger partial charge in [-0.3, -0.25) is 0 Å². The quantitative estimate of drug-likeness (QED) is 0.621. The summed E-state index contributed by atoms with van der Waals surface area (Å²) in [7, 11) is 0. The number of hydrogen-bond donors (Lipinski definition) is 0. The van der Waals surface area contributed by atoms with Crippen molar-refractivity contribution < 1.29 is 9.53 Å². The number of terminal acetylenes is 2. The summed E-state index contributed by atoms with van der Waals surface area (Å²) in [6, 6.07) is 3.22. The first-order valence-electron chi connectivity index (χ1n) is 4.77. The Kier molecular flexibility index (Phi) is 3.11. The van der Waals surface area contributed by atoms with Gasteiger partial charge in [0.05, 0.1) is 0 Å². The molecule has 0 N–H and O–H groups in total. The van der Waals surface area contributed by atoms with Crippen LogP contribution in [-0.2, 0) is 4.74 Å². The largest absolute Gasteiger partial charge is 0.443 e. The van der Waals surface area contributed by atoms with Crippen LogP contribution in [0.2, 0.25) is 0 Å². The van der Waals surface area contributed by atoms with Crippen LogP contribution >= 0.6 is 0 Å². The van der Waals surface area contributed by atoms with Crippen LogP contribution in [-0.4, -0.2) is 16.3 Å². The number of rotatable bonds is 0. The molecular formula is C13H13NO2. The second-order valence-corrected chi connectivity index (χ2v) is 4.21. The zero-order chi connectivity index (χ0) is 12.3. The molecule has 0 aliphatic heterocycles. The highest BCUT2D eigenvalue weighted by atomic mass is 16.6. The first-order chi connectivity index (χ1) is 7.39.